The van der Waals surface area contributed by atoms with Crippen LogP contribution in [0, 0.1) is 0 Å². The van der Waals surface area contributed by atoms with Crippen LogP contribution in [-0.2, 0) is 27.2 Å². The van der Waals surface area contributed by atoms with Gasteiger partial charge >= 0.3 is 18.9 Å². The van der Waals surface area contributed by atoms with Gasteiger partial charge in [-0.25, -0.2) is 0 Å². The van der Waals surface area contributed by atoms with Gasteiger partial charge in [0.2, 0.25) is 0 Å². The number of rotatable bonds is 0. The maximum atomic E-state index is 8.81. The van der Waals surface area contributed by atoms with E-state index in [9.17, 15) is 0 Å². The van der Waals surface area contributed by atoms with Crippen LogP contribution in [-0.4, -0.2) is 25.1 Å². The molecule has 5 heavy (non-hydrogen) atoms. The molecule has 0 aromatic heterocycles. The Morgan fingerprint density at radius 2 is 1.60 bits per heavy atom. The summed E-state index contributed by atoms with van der Waals surface area (Å²) in [7, 11) is 0. The van der Waals surface area contributed by atoms with Crippen LogP contribution in [0.5, 0.6) is 0 Å². The minimum absolute atomic E-state index is 0. The summed E-state index contributed by atoms with van der Waals surface area (Å²) in [6, 6.07) is 0. The third-order valence-electron chi connectivity index (χ3n) is 0. The van der Waals surface area contributed by atoms with Crippen LogP contribution in [0.2, 0.25) is 0 Å². The van der Waals surface area contributed by atoms with Gasteiger partial charge in [-0.1, -0.05) is 0 Å². The van der Waals surface area contributed by atoms with Crippen molar-refractivity contribution in [3.63, 3.8) is 0 Å². The Balaban J connectivity index is -0.0000000200. The van der Waals surface area contributed by atoms with E-state index < -0.39 is 0 Å². The molecule has 0 aromatic carbocycles. The summed E-state index contributed by atoms with van der Waals surface area (Å²) in [5.74, 6) is 0. The van der Waals surface area contributed by atoms with Gasteiger partial charge in [0.05, 0.1) is 0 Å². The molecule has 0 amide bonds. The van der Waals surface area contributed by atoms with Gasteiger partial charge < -0.3 is 4.79 Å². The zero-order valence-electron chi connectivity index (χ0n) is 2.43. The minimum Gasteiger partial charge on any atom is 0 e. The summed E-state index contributed by atoms with van der Waals surface area (Å²) < 4.78 is 0. The van der Waals surface area contributed by atoms with Crippen molar-refractivity contribution in [3.8, 4) is 0 Å². The first-order valence-corrected chi connectivity index (χ1v) is 0.813. The monoisotopic (exact) mass is 233 g/mol. The summed E-state index contributed by atoms with van der Waals surface area (Å²) in [5.41, 5.74) is 0. The average Bonchev–Trinajstić information content (AvgIpc) is 0.918. The van der Waals surface area contributed by atoms with Gasteiger partial charge in [-0.05, 0) is 6.92 Å². The van der Waals surface area contributed by atoms with Crippen molar-refractivity contribution in [2.45, 2.75) is 6.92 Å². The van der Waals surface area contributed by atoms with Gasteiger partial charge in [0.1, 0.15) is 6.29 Å². The summed E-state index contributed by atoms with van der Waals surface area (Å²) in [6.07, 6.45) is 0.750. The zero-order valence-corrected chi connectivity index (χ0v) is 5.65. The van der Waals surface area contributed by atoms with Crippen molar-refractivity contribution in [1.82, 2.24) is 0 Å². The van der Waals surface area contributed by atoms with Crippen LogP contribution in [0.1, 0.15) is 6.92 Å². The van der Waals surface area contributed by atoms with E-state index in [1.807, 2.05) is 0 Å². The Morgan fingerprint density at radius 3 is 1.60 bits per heavy atom. The Bertz CT molecular complexity index is 17.1. The molecule has 0 fully saturated rings. The molecule has 0 unspecified atom stereocenters. The quantitative estimate of drug-likeness (QED) is 0.409. The molecule has 0 heterocycles. The first-order chi connectivity index (χ1) is 1.41. The first-order valence-electron chi connectivity index (χ1n) is 0.813. The average molecular weight is 233 g/mol. The Labute approximate surface area is 59.2 Å². The van der Waals surface area contributed by atoms with Crippen molar-refractivity contribution in [3.05, 3.63) is 0 Å². The van der Waals surface area contributed by atoms with E-state index in [0.717, 1.165) is 6.29 Å². The number of aldehydes is 1. The van der Waals surface area contributed by atoms with Crippen LogP contribution >= 0.6 is 0 Å². The molecule has 0 saturated carbocycles. The number of carbonyl (C=O) groups is 1. The van der Waals surface area contributed by atoms with Gasteiger partial charge in [0.15, 0.2) is 0 Å². The van der Waals surface area contributed by atoms with E-state index >= 15 is 0 Å². The van der Waals surface area contributed by atoms with E-state index in [0.29, 0.717) is 0 Å². The molecule has 1 nitrogen and oxygen atoms in total. The molecular formula is C2H5LiOTa. The molecule has 0 spiro atoms. The second-order valence-corrected chi connectivity index (χ2v) is 0.236. The van der Waals surface area contributed by atoms with Gasteiger partial charge in [0.25, 0.3) is 0 Å². The van der Waals surface area contributed by atoms with Crippen molar-refractivity contribution in [2.75, 3.05) is 0 Å². The van der Waals surface area contributed by atoms with E-state index in [4.69, 9.17) is 4.79 Å². The summed E-state index contributed by atoms with van der Waals surface area (Å²) in [4.78, 5) is 8.81. The normalized spacial score (nSPS) is 2.60. The molecule has 0 atom stereocenters. The third kappa shape index (κ3) is 44.6. The standard InChI is InChI=1S/C2H4O.Li.Ta.H/c1-2-3;;;/h2H,1H3;;;. The maximum Gasteiger partial charge on any atom is 0 e. The fraction of sp³-hybridized carbons (Fsp3) is 0.500. The maximum absolute atomic E-state index is 8.81. The van der Waals surface area contributed by atoms with Crippen molar-refractivity contribution < 1.29 is 27.2 Å². The van der Waals surface area contributed by atoms with Crippen molar-refractivity contribution >= 4 is 25.1 Å². The topological polar surface area (TPSA) is 17.1 Å². The second kappa shape index (κ2) is 20.0. The van der Waals surface area contributed by atoms with Crippen molar-refractivity contribution in [2.24, 2.45) is 0 Å². The number of carbonyl (C=O) groups excluding carboxylic acids is 1. The molecule has 0 aliphatic rings. The Morgan fingerprint density at radius 1 is 1.60 bits per heavy atom. The van der Waals surface area contributed by atoms with Gasteiger partial charge in [-0.15, -0.1) is 0 Å². The Hall–Kier alpha value is 1.01. The fourth-order valence-corrected chi connectivity index (χ4v) is 0. The molecule has 0 saturated heterocycles. The molecule has 0 aromatic rings. The molecule has 3 heteroatoms. The predicted molar refractivity (Wildman–Crippen MR) is 18.9 cm³/mol. The number of hydrogen-bond acceptors (Lipinski definition) is 1. The SMILES string of the molecule is CC=O.[LiH].[Ta]. The number of hydrogen-bond donors (Lipinski definition) is 0. The molecule has 0 aliphatic heterocycles. The van der Waals surface area contributed by atoms with Crippen LogP contribution in [0.4, 0.5) is 0 Å². The van der Waals surface area contributed by atoms with Crippen LogP contribution < -0.4 is 0 Å². The fourth-order valence-electron chi connectivity index (χ4n) is 0. The minimum atomic E-state index is 0. The predicted octanol–water partition coefficient (Wildman–Crippen LogP) is -0.446. The summed E-state index contributed by atoms with van der Waals surface area (Å²) in [6.45, 7) is 1.44. The molecule has 0 rings (SSSR count). The van der Waals surface area contributed by atoms with Crippen LogP contribution in [0.15, 0.2) is 0 Å². The van der Waals surface area contributed by atoms with E-state index in [1.54, 1.807) is 0 Å². The molecule has 0 bridgehead atoms. The van der Waals surface area contributed by atoms with E-state index in [-0.39, 0.29) is 41.2 Å². The molecular weight excluding hydrogens is 228 g/mol. The van der Waals surface area contributed by atoms with Crippen LogP contribution in [0.3, 0.4) is 0 Å². The van der Waals surface area contributed by atoms with Gasteiger partial charge in [-0.3, -0.25) is 0 Å². The Kier molecular flexibility index (Phi) is 66.5. The van der Waals surface area contributed by atoms with E-state index in [1.165, 1.54) is 6.92 Å². The summed E-state index contributed by atoms with van der Waals surface area (Å²) >= 11 is 0. The van der Waals surface area contributed by atoms with Gasteiger partial charge in [-0.2, -0.15) is 0 Å². The third-order valence-corrected chi connectivity index (χ3v) is 0. The molecule has 0 N–H and O–H groups in total. The van der Waals surface area contributed by atoms with Crippen LogP contribution in [0.25, 0.3) is 0 Å². The second-order valence-electron chi connectivity index (χ2n) is 0.236. The molecule has 0 aliphatic carbocycles. The first kappa shape index (κ1) is 16.7. The van der Waals surface area contributed by atoms with E-state index in [2.05, 4.69) is 0 Å². The summed E-state index contributed by atoms with van der Waals surface area (Å²) in [5, 5.41) is 0. The van der Waals surface area contributed by atoms with Gasteiger partial charge in [0, 0.05) is 22.4 Å². The molecule has 25 valence electrons. The largest absolute Gasteiger partial charge is 0 e. The zero-order chi connectivity index (χ0) is 2.71. The smallest absolute Gasteiger partial charge is 0 e. The van der Waals surface area contributed by atoms with Crippen molar-refractivity contribution in [1.29, 1.82) is 0 Å². The molecule has 1 radical (unpaired) electrons.